The zero-order chi connectivity index (χ0) is 22.9. The van der Waals surface area contributed by atoms with Crippen molar-refractivity contribution in [3.05, 3.63) is 65.0 Å². The molecular weight excluding hydrogens is 411 g/mol. The number of nitrogens with one attached hydrogen (secondary N) is 3. The predicted octanol–water partition coefficient (Wildman–Crippen LogP) is 2.70. The molecule has 7 nitrogen and oxygen atoms in total. The maximum Gasteiger partial charge on any atom is 0.255 e. The molecule has 3 amide bonds. The fourth-order valence-corrected chi connectivity index (χ4v) is 4.34. The number of fused-ring (bicyclic) bond motifs is 1. The van der Waals surface area contributed by atoms with Crippen molar-refractivity contribution in [1.82, 2.24) is 15.5 Å². The maximum atomic E-state index is 13.4. The number of hydrogen-bond donors (Lipinski definition) is 3. The van der Waals surface area contributed by atoms with E-state index in [9.17, 15) is 18.8 Å². The van der Waals surface area contributed by atoms with Crippen LogP contribution < -0.4 is 16.0 Å². The van der Waals surface area contributed by atoms with Crippen LogP contribution in [-0.2, 0) is 16.1 Å². The summed E-state index contributed by atoms with van der Waals surface area (Å²) in [4.78, 5) is 39.8. The largest absolute Gasteiger partial charge is 0.362 e. The molecule has 2 heterocycles. The van der Waals surface area contributed by atoms with E-state index < -0.39 is 11.7 Å². The normalized spacial score (nSPS) is 21.3. The van der Waals surface area contributed by atoms with Crippen LogP contribution in [-0.4, -0.2) is 40.9 Å². The third kappa shape index (κ3) is 4.44. The number of nitrogens with zero attached hydrogens (tertiary/aromatic N) is 1. The van der Waals surface area contributed by atoms with Gasteiger partial charge in [-0.15, -0.1) is 0 Å². The first-order valence-electron chi connectivity index (χ1n) is 10.8. The molecule has 0 bridgehead atoms. The Labute approximate surface area is 186 Å². The number of likely N-dealkylation sites (tertiary alicyclic amines) is 1. The van der Waals surface area contributed by atoms with Crippen molar-refractivity contribution in [2.75, 3.05) is 11.9 Å². The van der Waals surface area contributed by atoms with Gasteiger partial charge >= 0.3 is 0 Å². The molecule has 0 aliphatic carbocycles. The topological polar surface area (TPSA) is 90.5 Å². The summed E-state index contributed by atoms with van der Waals surface area (Å²) in [7, 11) is 0. The first-order chi connectivity index (χ1) is 15.3. The molecule has 8 heteroatoms. The Bertz CT molecular complexity index is 1070. The van der Waals surface area contributed by atoms with Crippen molar-refractivity contribution in [2.24, 2.45) is 0 Å². The van der Waals surface area contributed by atoms with Crippen LogP contribution >= 0.6 is 0 Å². The van der Waals surface area contributed by atoms with Crippen LogP contribution in [0.1, 0.15) is 47.7 Å². The van der Waals surface area contributed by atoms with Gasteiger partial charge in [-0.05, 0) is 55.7 Å². The lowest BCUT2D eigenvalue weighted by molar-refractivity contribution is -0.139. The van der Waals surface area contributed by atoms with Gasteiger partial charge in [0.2, 0.25) is 11.8 Å². The fourth-order valence-electron chi connectivity index (χ4n) is 4.34. The molecule has 2 atom stereocenters. The second-order valence-electron chi connectivity index (χ2n) is 8.57. The van der Waals surface area contributed by atoms with Gasteiger partial charge in [0, 0.05) is 31.6 Å². The van der Waals surface area contributed by atoms with Gasteiger partial charge < -0.3 is 20.9 Å². The van der Waals surface area contributed by atoms with E-state index >= 15 is 0 Å². The van der Waals surface area contributed by atoms with Crippen LogP contribution in [0.15, 0.2) is 42.5 Å². The molecule has 32 heavy (non-hydrogen) atoms. The number of anilines is 1. The standard InChI is InChI=1S/C24H27FN4O3/c1-15-6-7-19-20(12-15)27-24(28-23(19)32)9-8-21(30)29(11-10-24)16(2)22(31)26-14-17-4-3-5-18(25)13-17/h3-7,12-13,16,27H,8-11,14H2,1-2H3,(H,26,31)(H,28,32). The SMILES string of the molecule is Cc1ccc2c(c1)NC1(CCC(=O)N(C(C)C(=O)NCc3cccc(F)c3)CC1)NC2=O. The van der Waals surface area contributed by atoms with E-state index in [0.717, 1.165) is 11.3 Å². The molecule has 1 saturated heterocycles. The van der Waals surface area contributed by atoms with Crippen LogP contribution in [0.2, 0.25) is 0 Å². The molecule has 1 spiro atoms. The Morgan fingerprint density at radius 1 is 1.19 bits per heavy atom. The number of amides is 3. The van der Waals surface area contributed by atoms with Crippen molar-refractivity contribution in [3.8, 4) is 0 Å². The molecule has 2 aliphatic heterocycles. The van der Waals surface area contributed by atoms with E-state index in [4.69, 9.17) is 0 Å². The number of benzene rings is 2. The van der Waals surface area contributed by atoms with Gasteiger partial charge in [0.1, 0.15) is 17.5 Å². The lowest BCUT2D eigenvalue weighted by Gasteiger charge is -2.40. The van der Waals surface area contributed by atoms with Gasteiger partial charge in [-0.3, -0.25) is 14.4 Å². The quantitative estimate of drug-likeness (QED) is 0.685. The Balaban J connectivity index is 1.43. The fraction of sp³-hybridized carbons (Fsp3) is 0.375. The van der Waals surface area contributed by atoms with Gasteiger partial charge in [0.25, 0.3) is 5.91 Å². The van der Waals surface area contributed by atoms with Gasteiger partial charge in [-0.2, -0.15) is 0 Å². The molecule has 2 aliphatic rings. The summed E-state index contributed by atoms with van der Waals surface area (Å²) in [6.07, 6.45) is 1.11. The van der Waals surface area contributed by atoms with Crippen LogP contribution in [0.5, 0.6) is 0 Å². The Kier molecular flexibility index (Phi) is 5.86. The second-order valence-corrected chi connectivity index (χ2v) is 8.57. The van der Waals surface area contributed by atoms with E-state index in [-0.39, 0.29) is 36.5 Å². The van der Waals surface area contributed by atoms with Crippen LogP contribution in [0.3, 0.4) is 0 Å². The Morgan fingerprint density at radius 3 is 2.78 bits per heavy atom. The van der Waals surface area contributed by atoms with Gasteiger partial charge in [-0.1, -0.05) is 18.2 Å². The molecule has 2 aromatic carbocycles. The molecule has 4 rings (SSSR count). The van der Waals surface area contributed by atoms with Crippen molar-refractivity contribution in [1.29, 1.82) is 0 Å². The van der Waals surface area contributed by atoms with Crippen molar-refractivity contribution in [3.63, 3.8) is 0 Å². The summed E-state index contributed by atoms with van der Waals surface area (Å²) >= 11 is 0. The number of aryl methyl sites for hydroxylation is 1. The first-order valence-corrected chi connectivity index (χ1v) is 10.8. The van der Waals surface area contributed by atoms with Crippen LogP contribution in [0.25, 0.3) is 0 Å². The molecular formula is C24H27FN4O3. The predicted molar refractivity (Wildman–Crippen MR) is 118 cm³/mol. The van der Waals surface area contributed by atoms with E-state index in [2.05, 4.69) is 16.0 Å². The minimum Gasteiger partial charge on any atom is -0.362 e. The number of carbonyl (C=O) groups excluding carboxylic acids is 3. The molecule has 2 aromatic rings. The number of carbonyl (C=O) groups is 3. The Morgan fingerprint density at radius 2 is 2.00 bits per heavy atom. The highest BCUT2D eigenvalue weighted by Crippen LogP contribution is 2.32. The average molecular weight is 439 g/mol. The summed E-state index contributed by atoms with van der Waals surface area (Å²) in [6, 6.07) is 11.0. The molecule has 3 N–H and O–H groups in total. The summed E-state index contributed by atoms with van der Waals surface area (Å²) < 4.78 is 13.4. The summed E-state index contributed by atoms with van der Waals surface area (Å²) in [5.74, 6) is -0.973. The van der Waals surface area contributed by atoms with E-state index in [1.165, 1.54) is 12.1 Å². The molecule has 0 saturated carbocycles. The maximum absolute atomic E-state index is 13.4. The number of rotatable bonds is 4. The lowest BCUT2D eigenvalue weighted by Crippen LogP contribution is -2.58. The first kappa shape index (κ1) is 21.8. The number of hydrogen-bond acceptors (Lipinski definition) is 4. The van der Waals surface area contributed by atoms with Gasteiger partial charge in [0.05, 0.1) is 5.56 Å². The average Bonchev–Trinajstić information content (AvgIpc) is 2.90. The smallest absolute Gasteiger partial charge is 0.255 e. The minimum absolute atomic E-state index is 0.138. The Hall–Kier alpha value is -3.42. The summed E-state index contributed by atoms with van der Waals surface area (Å²) in [5, 5.41) is 9.26. The highest BCUT2D eigenvalue weighted by atomic mass is 19.1. The zero-order valence-electron chi connectivity index (χ0n) is 18.2. The van der Waals surface area contributed by atoms with E-state index in [0.29, 0.717) is 30.5 Å². The molecule has 0 radical (unpaired) electrons. The van der Waals surface area contributed by atoms with Crippen LogP contribution in [0.4, 0.5) is 10.1 Å². The monoisotopic (exact) mass is 438 g/mol. The third-order valence-electron chi connectivity index (χ3n) is 6.21. The second kappa shape index (κ2) is 8.61. The molecule has 0 aromatic heterocycles. The van der Waals surface area contributed by atoms with Gasteiger partial charge in [-0.25, -0.2) is 4.39 Å². The van der Waals surface area contributed by atoms with Crippen molar-refractivity contribution in [2.45, 2.75) is 51.4 Å². The zero-order valence-corrected chi connectivity index (χ0v) is 18.2. The third-order valence-corrected chi connectivity index (χ3v) is 6.21. The van der Waals surface area contributed by atoms with Crippen molar-refractivity contribution >= 4 is 23.4 Å². The van der Waals surface area contributed by atoms with Gasteiger partial charge in [0.15, 0.2) is 0 Å². The highest BCUT2D eigenvalue weighted by Gasteiger charge is 2.41. The van der Waals surface area contributed by atoms with Crippen molar-refractivity contribution < 1.29 is 18.8 Å². The van der Waals surface area contributed by atoms with Crippen LogP contribution in [0, 0.1) is 12.7 Å². The molecule has 168 valence electrons. The minimum atomic E-state index is -0.736. The van der Waals surface area contributed by atoms with E-state index in [1.807, 2.05) is 19.1 Å². The van der Waals surface area contributed by atoms with E-state index in [1.54, 1.807) is 30.0 Å². The summed E-state index contributed by atoms with van der Waals surface area (Å²) in [6.45, 7) is 4.15. The molecule has 1 fully saturated rings. The number of halogens is 1. The highest BCUT2D eigenvalue weighted by molar-refractivity contribution is 6.02. The lowest BCUT2D eigenvalue weighted by atomic mass is 9.94. The summed E-state index contributed by atoms with van der Waals surface area (Å²) in [5.41, 5.74) is 2.29. The molecule has 2 unspecified atom stereocenters.